The second-order valence-electron chi connectivity index (χ2n) is 5.94. The second-order valence-corrected chi connectivity index (χ2v) is 5.94. The summed E-state index contributed by atoms with van der Waals surface area (Å²) in [6, 6.07) is 3.54. The highest BCUT2D eigenvalue weighted by Gasteiger charge is 2.38. The molecule has 3 nitrogen and oxygen atoms in total. The number of nitrogens with zero attached hydrogens (tertiary/aromatic N) is 2. The van der Waals surface area contributed by atoms with Crippen molar-refractivity contribution in [2.75, 3.05) is 13.2 Å². The summed E-state index contributed by atoms with van der Waals surface area (Å²) in [5.74, 6) is 0.959. The van der Waals surface area contributed by atoms with E-state index in [1.807, 2.05) is 0 Å². The standard InChI is InChI=1S/C15H26N2O/c1-2-12-6-7-13(11-16)15(10-12)17(8-9-18)14-4-3-5-14/h12-15,18H,2-10H2,1H3. The predicted molar refractivity (Wildman–Crippen MR) is 72.0 cm³/mol. The molecule has 2 aliphatic carbocycles. The van der Waals surface area contributed by atoms with E-state index < -0.39 is 0 Å². The van der Waals surface area contributed by atoms with E-state index in [9.17, 15) is 10.4 Å². The lowest BCUT2D eigenvalue weighted by atomic mass is 9.75. The minimum absolute atomic E-state index is 0.181. The molecule has 0 amide bonds. The third-order valence-electron chi connectivity index (χ3n) is 5.00. The number of aliphatic hydroxyl groups is 1. The van der Waals surface area contributed by atoms with Crippen LogP contribution in [-0.4, -0.2) is 35.2 Å². The molecule has 1 N–H and O–H groups in total. The van der Waals surface area contributed by atoms with E-state index in [2.05, 4.69) is 17.9 Å². The second kappa shape index (κ2) is 6.54. The first-order valence-electron chi connectivity index (χ1n) is 7.56. The van der Waals surface area contributed by atoms with Crippen LogP contribution >= 0.6 is 0 Å². The molecule has 0 heterocycles. The molecule has 3 heteroatoms. The van der Waals surface area contributed by atoms with E-state index in [4.69, 9.17) is 0 Å². The summed E-state index contributed by atoms with van der Waals surface area (Å²) < 4.78 is 0. The molecule has 0 aromatic rings. The predicted octanol–water partition coefficient (Wildman–Crippen LogP) is 2.55. The highest BCUT2D eigenvalue weighted by molar-refractivity contribution is 4.99. The van der Waals surface area contributed by atoms with Gasteiger partial charge in [0.25, 0.3) is 0 Å². The van der Waals surface area contributed by atoms with Gasteiger partial charge in [-0.3, -0.25) is 4.90 Å². The molecule has 0 saturated heterocycles. The van der Waals surface area contributed by atoms with Gasteiger partial charge in [-0.1, -0.05) is 19.8 Å². The molecule has 0 aromatic carbocycles. The normalized spacial score (nSPS) is 33.1. The first kappa shape index (κ1) is 13.8. The highest BCUT2D eigenvalue weighted by Crippen LogP contribution is 2.37. The fraction of sp³-hybridized carbons (Fsp3) is 0.933. The zero-order valence-corrected chi connectivity index (χ0v) is 11.5. The van der Waals surface area contributed by atoms with Crippen molar-refractivity contribution >= 4 is 0 Å². The number of rotatable bonds is 5. The van der Waals surface area contributed by atoms with Gasteiger partial charge in [0, 0.05) is 18.6 Å². The highest BCUT2D eigenvalue weighted by atomic mass is 16.3. The van der Waals surface area contributed by atoms with E-state index in [-0.39, 0.29) is 12.5 Å². The summed E-state index contributed by atoms with van der Waals surface area (Å²) >= 11 is 0. The fourth-order valence-corrected chi connectivity index (χ4v) is 3.57. The Balaban J connectivity index is 2.06. The van der Waals surface area contributed by atoms with Gasteiger partial charge < -0.3 is 5.11 Å². The van der Waals surface area contributed by atoms with E-state index in [0.29, 0.717) is 12.1 Å². The van der Waals surface area contributed by atoms with Crippen molar-refractivity contribution < 1.29 is 5.11 Å². The lowest BCUT2D eigenvalue weighted by molar-refractivity contribution is 0.0163. The fourth-order valence-electron chi connectivity index (χ4n) is 3.57. The molecule has 2 saturated carbocycles. The smallest absolute Gasteiger partial charge is 0.0672 e. The molecule has 0 radical (unpaired) electrons. The first-order valence-corrected chi connectivity index (χ1v) is 7.56. The van der Waals surface area contributed by atoms with Crippen LogP contribution in [0, 0.1) is 23.2 Å². The van der Waals surface area contributed by atoms with E-state index in [0.717, 1.165) is 25.3 Å². The third kappa shape index (κ3) is 2.87. The van der Waals surface area contributed by atoms with Crippen LogP contribution in [0.3, 0.4) is 0 Å². The summed E-state index contributed by atoms with van der Waals surface area (Å²) in [5, 5.41) is 18.7. The Morgan fingerprint density at radius 2 is 2.06 bits per heavy atom. The zero-order valence-electron chi connectivity index (χ0n) is 11.5. The molecule has 18 heavy (non-hydrogen) atoms. The van der Waals surface area contributed by atoms with Gasteiger partial charge in [-0.05, 0) is 38.0 Å². The van der Waals surface area contributed by atoms with Crippen molar-refractivity contribution in [3.8, 4) is 6.07 Å². The van der Waals surface area contributed by atoms with Crippen molar-refractivity contribution in [1.82, 2.24) is 4.90 Å². The molecule has 2 rings (SSSR count). The van der Waals surface area contributed by atoms with Gasteiger partial charge in [0.1, 0.15) is 0 Å². The molecule has 2 aliphatic rings. The Labute approximate surface area is 111 Å². The Bertz CT molecular complexity index is 295. The average molecular weight is 250 g/mol. The van der Waals surface area contributed by atoms with Crippen LogP contribution in [0.5, 0.6) is 0 Å². The van der Waals surface area contributed by atoms with Gasteiger partial charge in [0.15, 0.2) is 0 Å². The Hall–Kier alpha value is -0.590. The van der Waals surface area contributed by atoms with Gasteiger partial charge in [-0.25, -0.2) is 0 Å². The summed E-state index contributed by atoms with van der Waals surface area (Å²) in [7, 11) is 0. The molecule has 0 aromatic heterocycles. The van der Waals surface area contributed by atoms with Crippen LogP contribution in [-0.2, 0) is 0 Å². The number of nitriles is 1. The topological polar surface area (TPSA) is 47.3 Å². The van der Waals surface area contributed by atoms with Crippen molar-refractivity contribution in [3.63, 3.8) is 0 Å². The molecular formula is C15H26N2O. The lowest BCUT2D eigenvalue weighted by Gasteiger charge is -2.46. The number of hydrogen-bond acceptors (Lipinski definition) is 3. The minimum Gasteiger partial charge on any atom is -0.395 e. The maximum Gasteiger partial charge on any atom is 0.0672 e. The molecule has 2 fully saturated rings. The van der Waals surface area contributed by atoms with Gasteiger partial charge in [0.05, 0.1) is 18.6 Å². The van der Waals surface area contributed by atoms with Crippen LogP contribution in [0.1, 0.15) is 51.9 Å². The SMILES string of the molecule is CCC1CCC(C#N)C(N(CCO)C2CCC2)C1. The molecule has 102 valence electrons. The molecule has 0 bridgehead atoms. The summed E-state index contributed by atoms with van der Waals surface area (Å²) in [6.45, 7) is 3.24. The molecule has 0 spiro atoms. The zero-order chi connectivity index (χ0) is 13.0. The Kier molecular flexibility index (Phi) is 5.03. The minimum atomic E-state index is 0.181. The third-order valence-corrected chi connectivity index (χ3v) is 5.00. The number of hydrogen-bond donors (Lipinski definition) is 1. The quantitative estimate of drug-likeness (QED) is 0.815. The van der Waals surface area contributed by atoms with Crippen LogP contribution in [0.2, 0.25) is 0 Å². The molecule has 0 aliphatic heterocycles. The largest absolute Gasteiger partial charge is 0.395 e. The van der Waals surface area contributed by atoms with Gasteiger partial charge >= 0.3 is 0 Å². The molecule has 3 unspecified atom stereocenters. The summed E-state index contributed by atoms with van der Waals surface area (Å²) in [5.41, 5.74) is 0. The van der Waals surface area contributed by atoms with Gasteiger partial charge in [0.2, 0.25) is 0 Å². The Morgan fingerprint density at radius 1 is 1.28 bits per heavy atom. The Morgan fingerprint density at radius 3 is 2.56 bits per heavy atom. The van der Waals surface area contributed by atoms with Crippen molar-refractivity contribution in [1.29, 1.82) is 5.26 Å². The van der Waals surface area contributed by atoms with Crippen molar-refractivity contribution in [2.24, 2.45) is 11.8 Å². The van der Waals surface area contributed by atoms with E-state index in [1.54, 1.807) is 0 Å². The van der Waals surface area contributed by atoms with Crippen LogP contribution < -0.4 is 0 Å². The van der Waals surface area contributed by atoms with Crippen LogP contribution in [0.25, 0.3) is 0 Å². The maximum atomic E-state index is 9.37. The van der Waals surface area contributed by atoms with Gasteiger partial charge in [-0.15, -0.1) is 0 Å². The lowest BCUT2D eigenvalue weighted by Crippen LogP contribution is -2.52. The summed E-state index contributed by atoms with van der Waals surface area (Å²) in [4.78, 5) is 2.46. The van der Waals surface area contributed by atoms with Crippen molar-refractivity contribution in [3.05, 3.63) is 0 Å². The van der Waals surface area contributed by atoms with Crippen LogP contribution in [0.4, 0.5) is 0 Å². The van der Waals surface area contributed by atoms with E-state index in [1.165, 1.54) is 32.1 Å². The first-order chi connectivity index (χ1) is 8.80. The van der Waals surface area contributed by atoms with E-state index >= 15 is 0 Å². The summed E-state index contributed by atoms with van der Waals surface area (Å²) in [6.07, 6.45) is 8.47. The van der Waals surface area contributed by atoms with Crippen molar-refractivity contribution in [2.45, 2.75) is 64.0 Å². The van der Waals surface area contributed by atoms with Gasteiger partial charge in [-0.2, -0.15) is 5.26 Å². The number of aliphatic hydroxyl groups excluding tert-OH is 1. The molecule has 3 atom stereocenters. The monoisotopic (exact) mass is 250 g/mol. The van der Waals surface area contributed by atoms with Crippen LogP contribution in [0.15, 0.2) is 0 Å². The molecular weight excluding hydrogens is 224 g/mol. The maximum absolute atomic E-state index is 9.37. The average Bonchev–Trinajstić information content (AvgIpc) is 2.35.